The molecule has 0 saturated carbocycles. The normalized spacial score (nSPS) is 10.8. The molecule has 2 aromatic rings. The van der Waals surface area contributed by atoms with E-state index in [0.29, 0.717) is 18.7 Å². The minimum atomic E-state index is 0.0996. The van der Waals surface area contributed by atoms with Gasteiger partial charge in [-0.3, -0.25) is 9.48 Å². The number of halogens is 1. The molecule has 0 spiro atoms. The van der Waals surface area contributed by atoms with Gasteiger partial charge >= 0.3 is 0 Å². The van der Waals surface area contributed by atoms with Crippen LogP contribution in [0, 0.1) is 0 Å². The third kappa shape index (κ3) is 2.82. The summed E-state index contributed by atoms with van der Waals surface area (Å²) in [5.41, 5.74) is 1.66. The maximum Gasteiger partial charge on any atom is 0.186 e. The molecule has 0 aromatic carbocycles. The van der Waals surface area contributed by atoms with Crippen LogP contribution in [0.4, 0.5) is 0 Å². The summed E-state index contributed by atoms with van der Waals surface area (Å²) in [5, 5.41) is 4.39. The molecule has 0 aliphatic rings. The van der Waals surface area contributed by atoms with Crippen molar-refractivity contribution in [1.82, 2.24) is 9.78 Å². The molecule has 0 atom stereocenters. The van der Waals surface area contributed by atoms with Crippen LogP contribution in [0.3, 0.4) is 0 Å². The number of hydrogen-bond acceptors (Lipinski definition) is 3. The van der Waals surface area contributed by atoms with E-state index in [1.54, 1.807) is 4.68 Å². The minimum absolute atomic E-state index is 0.0996. The average molecular weight is 283 g/mol. The molecule has 0 radical (unpaired) electrons. The van der Waals surface area contributed by atoms with Gasteiger partial charge in [-0.15, -0.1) is 11.3 Å². The average Bonchev–Trinajstić information content (AvgIpc) is 2.95. The first kappa shape index (κ1) is 13.3. The second kappa shape index (κ2) is 5.67. The standard InChI is InChI=1S/C13H15ClN2OS/c1-3-9-7-11(16(4-2)15-9)12(17)8-10-5-6-13(14)18-10/h5-7H,3-4,8H2,1-2H3. The highest BCUT2D eigenvalue weighted by Crippen LogP contribution is 2.23. The fourth-order valence-corrected chi connectivity index (χ4v) is 2.89. The van der Waals surface area contributed by atoms with E-state index in [-0.39, 0.29) is 5.78 Å². The van der Waals surface area contributed by atoms with Crippen LogP contribution >= 0.6 is 22.9 Å². The van der Waals surface area contributed by atoms with E-state index in [2.05, 4.69) is 5.10 Å². The summed E-state index contributed by atoms with van der Waals surface area (Å²) in [6.45, 7) is 4.74. The van der Waals surface area contributed by atoms with Gasteiger partial charge in [-0.25, -0.2) is 0 Å². The molecule has 5 heteroatoms. The maximum atomic E-state index is 12.2. The highest BCUT2D eigenvalue weighted by molar-refractivity contribution is 7.16. The molecule has 0 unspecified atom stereocenters. The number of aromatic nitrogens is 2. The number of carbonyl (C=O) groups excluding carboxylic acids is 1. The summed E-state index contributed by atoms with van der Waals surface area (Å²) >= 11 is 7.32. The molecule has 96 valence electrons. The second-order valence-corrected chi connectivity index (χ2v) is 5.80. The molecule has 0 aliphatic heterocycles. The molecular formula is C13H15ClN2OS. The zero-order chi connectivity index (χ0) is 13.1. The van der Waals surface area contributed by atoms with Gasteiger partial charge in [-0.1, -0.05) is 18.5 Å². The van der Waals surface area contributed by atoms with E-state index in [9.17, 15) is 4.79 Å². The summed E-state index contributed by atoms with van der Waals surface area (Å²) in [5.74, 6) is 0.0996. The zero-order valence-electron chi connectivity index (χ0n) is 10.4. The predicted octanol–water partition coefficient (Wildman–Crippen LogP) is 3.61. The Balaban J connectivity index is 2.20. The highest BCUT2D eigenvalue weighted by atomic mass is 35.5. The molecule has 0 fully saturated rings. The third-order valence-electron chi connectivity index (χ3n) is 2.74. The number of carbonyl (C=O) groups is 1. The molecule has 0 amide bonds. The van der Waals surface area contributed by atoms with Crippen molar-refractivity contribution in [1.29, 1.82) is 0 Å². The van der Waals surface area contributed by atoms with Gasteiger partial charge in [0.05, 0.1) is 10.0 Å². The van der Waals surface area contributed by atoms with Gasteiger partial charge in [-0.2, -0.15) is 5.10 Å². The lowest BCUT2D eigenvalue weighted by molar-refractivity contribution is 0.0983. The Kier molecular flexibility index (Phi) is 4.19. The summed E-state index contributed by atoms with van der Waals surface area (Å²) in [6, 6.07) is 5.61. The van der Waals surface area contributed by atoms with Gasteiger partial charge in [0.2, 0.25) is 0 Å². The van der Waals surface area contributed by atoms with Gasteiger partial charge in [0.1, 0.15) is 5.69 Å². The van der Waals surface area contributed by atoms with Crippen molar-refractivity contribution in [3.8, 4) is 0 Å². The third-order valence-corrected chi connectivity index (χ3v) is 3.97. The van der Waals surface area contributed by atoms with Gasteiger partial charge < -0.3 is 0 Å². The summed E-state index contributed by atoms with van der Waals surface area (Å²) < 4.78 is 2.49. The van der Waals surface area contributed by atoms with Crippen molar-refractivity contribution >= 4 is 28.7 Å². The number of thiophene rings is 1. The van der Waals surface area contributed by atoms with Crippen molar-refractivity contribution < 1.29 is 4.79 Å². The lowest BCUT2D eigenvalue weighted by atomic mass is 10.1. The quantitative estimate of drug-likeness (QED) is 0.785. The molecule has 3 nitrogen and oxygen atoms in total. The maximum absolute atomic E-state index is 12.2. The van der Waals surface area contributed by atoms with E-state index >= 15 is 0 Å². The number of Topliss-reactive ketones (excluding diaryl/α,β-unsaturated/α-hetero) is 1. The Morgan fingerprint density at radius 1 is 1.44 bits per heavy atom. The SMILES string of the molecule is CCc1cc(C(=O)Cc2ccc(Cl)s2)n(CC)n1. The highest BCUT2D eigenvalue weighted by Gasteiger charge is 2.15. The predicted molar refractivity (Wildman–Crippen MR) is 74.6 cm³/mol. The van der Waals surface area contributed by atoms with Crippen molar-refractivity contribution in [3.63, 3.8) is 0 Å². The first-order valence-electron chi connectivity index (χ1n) is 5.98. The van der Waals surface area contributed by atoms with E-state index < -0.39 is 0 Å². The lowest BCUT2D eigenvalue weighted by Crippen LogP contribution is -2.11. The molecule has 0 saturated heterocycles. The van der Waals surface area contributed by atoms with Crippen LogP contribution in [0.5, 0.6) is 0 Å². The number of rotatable bonds is 5. The molecule has 0 N–H and O–H groups in total. The Morgan fingerprint density at radius 2 is 2.22 bits per heavy atom. The van der Waals surface area contributed by atoms with Crippen LogP contribution in [0.25, 0.3) is 0 Å². The Hall–Kier alpha value is -1.13. The first-order chi connectivity index (χ1) is 8.63. The Bertz CT molecular complexity index is 559. The lowest BCUT2D eigenvalue weighted by Gasteiger charge is -2.02. The second-order valence-electron chi connectivity index (χ2n) is 4.00. The largest absolute Gasteiger partial charge is 0.292 e. The molecule has 18 heavy (non-hydrogen) atoms. The molecule has 0 bridgehead atoms. The fourth-order valence-electron chi connectivity index (χ4n) is 1.80. The first-order valence-corrected chi connectivity index (χ1v) is 7.17. The molecule has 2 aromatic heterocycles. The van der Waals surface area contributed by atoms with E-state index in [4.69, 9.17) is 11.6 Å². The summed E-state index contributed by atoms with van der Waals surface area (Å²) in [6.07, 6.45) is 1.24. The van der Waals surface area contributed by atoms with Crippen LogP contribution in [0.1, 0.15) is 34.9 Å². The fraction of sp³-hybridized carbons (Fsp3) is 0.385. The van der Waals surface area contributed by atoms with Crippen LogP contribution in [-0.2, 0) is 19.4 Å². The van der Waals surface area contributed by atoms with Gasteiger partial charge in [0.15, 0.2) is 5.78 Å². The summed E-state index contributed by atoms with van der Waals surface area (Å²) in [4.78, 5) is 13.2. The van der Waals surface area contributed by atoms with Crippen molar-refractivity contribution in [2.45, 2.75) is 33.2 Å². The van der Waals surface area contributed by atoms with Crippen molar-refractivity contribution in [2.75, 3.05) is 0 Å². The topological polar surface area (TPSA) is 34.9 Å². The van der Waals surface area contributed by atoms with Crippen LogP contribution < -0.4 is 0 Å². The Morgan fingerprint density at radius 3 is 2.78 bits per heavy atom. The van der Waals surface area contributed by atoms with Gasteiger partial charge in [0, 0.05) is 17.8 Å². The zero-order valence-corrected chi connectivity index (χ0v) is 12.0. The minimum Gasteiger partial charge on any atom is -0.292 e. The van der Waals surface area contributed by atoms with Gasteiger partial charge in [-0.05, 0) is 31.5 Å². The van der Waals surface area contributed by atoms with E-state index in [0.717, 1.165) is 21.3 Å². The van der Waals surface area contributed by atoms with E-state index in [1.165, 1.54) is 11.3 Å². The van der Waals surface area contributed by atoms with Crippen molar-refractivity contribution in [2.24, 2.45) is 0 Å². The monoisotopic (exact) mass is 282 g/mol. The van der Waals surface area contributed by atoms with E-state index in [1.807, 2.05) is 32.0 Å². The number of hydrogen-bond donors (Lipinski definition) is 0. The molecule has 0 aliphatic carbocycles. The van der Waals surface area contributed by atoms with Gasteiger partial charge in [0.25, 0.3) is 0 Å². The molecular weight excluding hydrogens is 268 g/mol. The number of ketones is 1. The van der Waals surface area contributed by atoms with Crippen molar-refractivity contribution in [3.05, 3.63) is 38.8 Å². The molecule has 2 heterocycles. The summed E-state index contributed by atoms with van der Waals surface area (Å²) in [7, 11) is 0. The van der Waals surface area contributed by atoms with Crippen LogP contribution in [0.15, 0.2) is 18.2 Å². The smallest absolute Gasteiger partial charge is 0.186 e. The number of aryl methyl sites for hydroxylation is 2. The van der Waals surface area contributed by atoms with Crippen LogP contribution in [-0.4, -0.2) is 15.6 Å². The Labute approximate surface area is 115 Å². The van der Waals surface area contributed by atoms with Crippen LogP contribution in [0.2, 0.25) is 4.34 Å². The molecule has 2 rings (SSSR count). The number of nitrogens with zero attached hydrogens (tertiary/aromatic N) is 2.